The number of ketones is 1. The normalized spacial score (nSPS) is 16.0. The Morgan fingerprint density at radius 1 is 1.23 bits per heavy atom. The molecule has 0 bridgehead atoms. The van der Waals surface area contributed by atoms with E-state index in [0.29, 0.717) is 5.56 Å². The fourth-order valence-electron chi connectivity index (χ4n) is 3.01. The number of aryl methyl sites for hydroxylation is 1. The van der Waals surface area contributed by atoms with Gasteiger partial charge in [-0.05, 0) is 40.2 Å². The van der Waals surface area contributed by atoms with Gasteiger partial charge in [0.25, 0.3) is 5.91 Å². The molecule has 26 heavy (non-hydrogen) atoms. The van der Waals surface area contributed by atoms with Crippen molar-refractivity contribution in [3.8, 4) is 0 Å². The number of ether oxygens (including phenoxy) is 1. The molecule has 2 rings (SSSR count). The van der Waals surface area contributed by atoms with E-state index in [2.05, 4.69) is 12.2 Å². The van der Waals surface area contributed by atoms with Gasteiger partial charge in [0.2, 0.25) is 5.78 Å². The summed E-state index contributed by atoms with van der Waals surface area (Å²) >= 11 is 0. The first kappa shape index (κ1) is 19.7. The summed E-state index contributed by atoms with van der Waals surface area (Å²) in [6.07, 6.45) is 0.946. The van der Waals surface area contributed by atoms with Crippen LogP contribution in [0.4, 0.5) is 4.79 Å². The molecule has 8 nitrogen and oxygen atoms in total. The molecule has 1 aromatic rings. The number of carbonyl (C=O) groups is 4. The number of esters is 1. The van der Waals surface area contributed by atoms with Crippen LogP contribution >= 0.6 is 0 Å². The number of hydrogen-bond acceptors (Lipinski definition) is 5. The van der Waals surface area contributed by atoms with Crippen molar-refractivity contribution < 1.29 is 23.9 Å². The maximum atomic E-state index is 12.4. The van der Waals surface area contributed by atoms with E-state index in [1.165, 1.54) is 0 Å². The molecule has 2 heterocycles. The van der Waals surface area contributed by atoms with Gasteiger partial charge < -0.3 is 14.6 Å². The number of aromatic nitrogens is 1. The summed E-state index contributed by atoms with van der Waals surface area (Å²) in [6, 6.07) is 1.13. The molecule has 0 unspecified atom stereocenters. The average Bonchev–Trinajstić information content (AvgIpc) is 2.94. The number of rotatable bonds is 7. The van der Waals surface area contributed by atoms with Crippen molar-refractivity contribution in [1.29, 1.82) is 0 Å². The van der Waals surface area contributed by atoms with Gasteiger partial charge in [-0.2, -0.15) is 0 Å². The molecular formula is C18H25N3O5. The number of amides is 3. The molecule has 1 aliphatic heterocycles. The lowest BCUT2D eigenvalue weighted by molar-refractivity contribution is -0.146. The van der Waals surface area contributed by atoms with Crippen molar-refractivity contribution in [3.05, 3.63) is 23.0 Å². The van der Waals surface area contributed by atoms with E-state index in [4.69, 9.17) is 4.74 Å². The Morgan fingerprint density at radius 2 is 1.88 bits per heavy atom. The molecule has 1 aliphatic rings. The van der Waals surface area contributed by atoms with Crippen LogP contribution in [0, 0.1) is 13.8 Å². The third kappa shape index (κ3) is 3.79. The van der Waals surface area contributed by atoms with E-state index in [9.17, 15) is 19.2 Å². The molecule has 0 aliphatic carbocycles. The number of Topliss-reactive ketones (excluding diaryl/α,β-unsaturated/α-hetero) is 1. The molecule has 0 aromatic carbocycles. The number of urea groups is 1. The van der Waals surface area contributed by atoms with Gasteiger partial charge in [-0.25, -0.2) is 4.79 Å². The first-order valence-corrected chi connectivity index (χ1v) is 8.58. The number of nitrogens with one attached hydrogen (secondary N) is 1. The van der Waals surface area contributed by atoms with Gasteiger partial charge in [-0.15, -0.1) is 0 Å². The summed E-state index contributed by atoms with van der Waals surface area (Å²) in [5, 5.41) is 2.48. The molecule has 8 heteroatoms. The molecular weight excluding hydrogens is 338 g/mol. The molecule has 1 fully saturated rings. The highest BCUT2D eigenvalue weighted by atomic mass is 16.5. The molecule has 3 amide bonds. The van der Waals surface area contributed by atoms with E-state index in [1.54, 1.807) is 19.9 Å². The van der Waals surface area contributed by atoms with Crippen LogP contribution in [0.15, 0.2) is 6.07 Å². The van der Waals surface area contributed by atoms with E-state index in [-0.39, 0.29) is 5.78 Å². The van der Waals surface area contributed by atoms with E-state index in [1.807, 2.05) is 18.4 Å². The predicted molar refractivity (Wildman–Crippen MR) is 93.8 cm³/mol. The lowest BCUT2D eigenvalue weighted by Crippen LogP contribution is -2.41. The van der Waals surface area contributed by atoms with Gasteiger partial charge in [0, 0.05) is 23.5 Å². The first-order valence-electron chi connectivity index (χ1n) is 8.58. The molecule has 1 aromatic heterocycles. The Kier molecular flexibility index (Phi) is 5.53. The van der Waals surface area contributed by atoms with Crippen LogP contribution < -0.4 is 5.32 Å². The standard InChI is InChI=1S/C18H25N3O5/c1-6-7-20-11(2)8-13(12(20)3)14(22)10-26-15(23)9-21-16(24)18(4,5)19-17(21)25/h8H,6-7,9-10H2,1-5H3,(H,19,25). The maximum absolute atomic E-state index is 12.4. The largest absolute Gasteiger partial charge is 0.456 e. The van der Waals surface area contributed by atoms with Gasteiger partial charge >= 0.3 is 12.0 Å². The van der Waals surface area contributed by atoms with Gasteiger partial charge in [-0.1, -0.05) is 6.92 Å². The molecule has 0 atom stereocenters. The fourth-order valence-corrected chi connectivity index (χ4v) is 3.01. The predicted octanol–water partition coefficient (Wildman–Crippen LogP) is 1.57. The summed E-state index contributed by atoms with van der Waals surface area (Å²) in [6.45, 7) is 8.80. The molecule has 142 valence electrons. The van der Waals surface area contributed by atoms with Crippen LogP contribution in [0.2, 0.25) is 0 Å². The number of nitrogens with zero attached hydrogens (tertiary/aromatic N) is 2. The third-order valence-electron chi connectivity index (χ3n) is 4.42. The fraction of sp³-hybridized carbons (Fsp3) is 0.556. The highest BCUT2D eigenvalue weighted by Gasteiger charge is 2.45. The van der Waals surface area contributed by atoms with Gasteiger partial charge in [0.1, 0.15) is 12.1 Å². The van der Waals surface area contributed by atoms with Crippen LogP contribution in [-0.2, 0) is 20.9 Å². The molecule has 1 saturated heterocycles. The van der Waals surface area contributed by atoms with Crippen LogP contribution in [0.25, 0.3) is 0 Å². The quantitative estimate of drug-likeness (QED) is 0.450. The van der Waals surface area contributed by atoms with Crippen molar-refractivity contribution in [2.24, 2.45) is 0 Å². The Hall–Kier alpha value is -2.64. The van der Waals surface area contributed by atoms with Crippen molar-refractivity contribution in [2.45, 2.75) is 53.1 Å². The van der Waals surface area contributed by atoms with E-state index >= 15 is 0 Å². The van der Waals surface area contributed by atoms with E-state index in [0.717, 1.165) is 29.3 Å². The topological polar surface area (TPSA) is 97.7 Å². The van der Waals surface area contributed by atoms with Crippen LogP contribution in [0.5, 0.6) is 0 Å². The van der Waals surface area contributed by atoms with Crippen LogP contribution in [0.3, 0.4) is 0 Å². The Bertz CT molecular complexity index is 763. The highest BCUT2D eigenvalue weighted by Crippen LogP contribution is 2.18. The molecule has 0 radical (unpaired) electrons. The smallest absolute Gasteiger partial charge is 0.326 e. The molecule has 0 saturated carbocycles. The van der Waals surface area contributed by atoms with Crippen LogP contribution in [0.1, 0.15) is 48.9 Å². The van der Waals surface area contributed by atoms with Crippen molar-refractivity contribution >= 4 is 23.7 Å². The maximum Gasteiger partial charge on any atom is 0.326 e. The minimum absolute atomic E-state index is 0.314. The molecule has 1 N–H and O–H groups in total. The summed E-state index contributed by atoms with van der Waals surface area (Å²) in [5.41, 5.74) is 1.27. The van der Waals surface area contributed by atoms with Crippen molar-refractivity contribution in [1.82, 2.24) is 14.8 Å². The zero-order valence-electron chi connectivity index (χ0n) is 15.8. The number of imide groups is 1. The summed E-state index contributed by atoms with van der Waals surface area (Å²) < 4.78 is 7.02. The Balaban J connectivity index is 1.96. The van der Waals surface area contributed by atoms with Gasteiger partial charge in [0.15, 0.2) is 6.61 Å². The summed E-state index contributed by atoms with van der Waals surface area (Å²) in [4.78, 5) is 48.9. The van der Waals surface area contributed by atoms with E-state index < -0.39 is 36.6 Å². The minimum atomic E-state index is -1.05. The monoisotopic (exact) mass is 363 g/mol. The second kappa shape index (κ2) is 7.31. The van der Waals surface area contributed by atoms with Crippen molar-refractivity contribution in [3.63, 3.8) is 0 Å². The Morgan fingerprint density at radius 3 is 2.42 bits per heavy atom. The number of carbonyl (C=O) groups excluding carboxylic acids is 4. The summed E-state index contributed by atoms with van der Waals surface area (Å²) in [7, 11) is 0. The number of hydrogen-bond donors (Lipinski definition) is 1. The summed E-state index contributed by atoms with van der Waals surface area (Å²) in [5.74, 6) is -1.62. The first-order chi connectivity index (χ1) is 12.1. The zero-order chi connectivity index (χ0) is 19.6. The second-order valence-electron chi connectivity index (χ2n) is 6.97. The zero-order valence-corrected chi connectivity index (χ0v) is 15.8. The van der Waals surface area contributed by atoms with Crippen LogP contribution in [-0.4, -0.2) is 51.8 Å². The van der Waals surface area contributed by atoms with Gasteiger partial charge in [-0.3, -0.25) is 19.3 Å². The Labute approximate surface area is 152 Å². The SMILES string of the molecule is CCCn1c(C)cc(C(=O)COC(=O)CN2C(=O)NC(C)(C)C2=O)c1C. The lowest BCUT2D eigenvalue weighted by atomic mass is 10.1. The third-order valence-corrected chi connectivity index (χ3v) is 4.42. The van der Waals surface area contributed by atoms with Gasteiger partial charge in [0.05, 0.1) is 0 Å². The van der Waals surface area contributed by atoms with Crippen molar-refractivity contribution in [2.75, 3.05) is 13.2 Å². The second-order valence-corrected chi connectivity index (χ2v) is 6.97. The average molecular weight is 363 g/mol. The molecule has 0 spiro atoms. The minimum Gasteiger partial charge on any atom is -0.456 e. The highest BCUT2D eigenvalue weighted by molar-refractivity contribution is 6.08. The lowest BCUT2D eigenvalue weighted by Gasteiger charge is -2.15.